The van der Waals surface area contributed by atoms with Gasteiger partial charge in [-0.3, -0.25) is 9.78 Å². The summed E-state index contributed by atoms with van der Waals surface area (Å²) in [4.78, 5) is 21.8. The lowest BCUT2D eigenvalue weighted by atomic mass is 9.89. The van der Waals surface area contributed by atoms with Crippen LogP contribution in [0.3, 0.4) is 0 Å². The van der Waals surface area contributed by atoms with Gasteiger partial charge in [0, 0.05) is 56.7 Å². The fraction of sp³-hybridized carbons (Fsp3) is 0.565. The maximum absolute atomic E-state index is 13.2. The molecule has 1 amide bonds. The van der Waals surface area contributed by atoms with Gasteiger partial charge in [-0.2, -0.15) is 0 Å². The highest BCUT2D eigenvalue weighted by Gasteiger charge is 2.41. The van der Waals surface area contributed by atoms with Crippen LogP contribution in [0.2, 0.25) is 0 Å². The van der Waals surface area contributed by atoms with Crippen LogP contribution in [0.15, 0.2) is 36.7 Å². The Balaban J connectivity index is 1.36. The summed E-state index contributed by atoms with van der Waals surface area (Å²) >= 11 is 0. The number of nitrogens with zero attached hydrogens (tertiary/aromatic N) is 3. The first-order chi connectivity index (χ1) is 14.2. The highest BCUT2D eigenvalue weighted by atomic mass is 16.5. The monoisotopic (exact) mass is 397 g/mol. The first-order valence-electron chi connectivity index (χ1n) is 10.7. The maximum atomic E-state index is 13.2. The number of piperidine rings is 1. The Hall–Kier alpha value is -2.02. The average Bonchev–Trinajstić information content (AvgIpc) is 2.77. The first kappa shape index (κ1) is 20.3. The minimum Gasteiger partial charge on any atom is -0.385 e. The third kappa shape index (κ3) is 4.77. The van der Waals surface area contributed by atoms with Gasteiger partial charge in [0.15, 0.2) is 0 Å². The molecule has 29 heavy (non-hydrogen) atoms. The number of carbonyl (C=O) groups excluding carboxylic acids is 1. The minimum atomic E-state index is -0.183. The van der Waals surface area contributed by atoms with Crippen LogP contribution in [0, 0.1) is 0 Å². The van der Waals surface area contributed by atoms with Crippen LogP contribution in [-0.4, -0.2) is 79.3 Å². The predicted molar refractivity (Wildman–Crippen MR) is 113 cm³/mol. The van der Waals surface area contributed by atoms with Crippen molar-refractivity contribution >= 4 is 16.7 Å². The second-order valence-electron chi connectivity index (χ2n) is 8.24. The lowest BCUT2D eigenvalue weighted by Crippen LogP contribution is -2.58. The summed E-state index contributed by atoms with van der Waals surface area (Å²) in [5, 5.41) is 2.11. The summed E-state index contributed by atoms with van der Waals surface area (Å²) in [6.07, 6.45) is 7.86. The topological polar surface area (TPSA) is 54.9 Å². The second kappa shape index (κ2) is 9.20. The van der Waals surface area contributed by atoms with Crippen LogP contribution >= 0.6 is 0 Å². The molecule has 0 unspecified atom stereocenters. The lowest BCUT2D eigenvalue weighted by molar-refractivity contribution is -0.127. The molecule has 6 heteroatoms. The Bertz CT molecular complexity index is 833. The Labute approximate surface area is 172 Å². The highest BCUT2D eigenvalue weighted by Crippen LogP contribution is 2.31. The summed E-state index contributed by atoms with van der Waals surface area (Å²) in [5.74, 6) is 0.105. The Morgan fingerprint density at radius 2 is 2.03 bits per heavy atom. The van der Waals surface area contributed by atoms with E-state index in [2.05, 4.69) is 9.88 Å². The van der Waals surface area contributed by atoms with Gasteiger partial charge in [-0.25, -0.2) is 0 Å². The van der Waals surface area contributed by atoms with Crippen molar-refractivity contribution in [1.82, 2.24) is 14.8 Å². The van der Waals surface area contributed by atoms with E-state index in [1.54, 1.807) is 13.3 Å². The van der Waals surface area contributed by atoms with E-state index < -0.39 is 0 Å². The van der Waals surface area contributed by atoms with Gasteiger partial charge in [0.25, 0.3) is 5.91 Å². The number of aromatic nitrogens is 1. The van der Waals surface area contributed by atoms with Gasteiger partial charge in [0.2, 0.25) is 0 Å². The van der Waals surface area contributed by atoms with E-state index >= 15 is 0 Å². The summed E-state index contributed by atoms with van der Waals surface area (Å²) in [6.45, 7) is 6.01. The van der Waals surface area contributed by atoms with Crippen LogP contribution in [0.5, 0.6) is 0 Å². The molecule has 0 radical (unpaired) electrons. The molecular formula is C23H31N3O3. The lowest BCUT2D eigenvalue weighted by Gasteiger charge is -2.47. The van der Waals surface area contributed by atoms with Crippen molar-refractivity contribution in [2.45, 2.75) is 31.3 Å². The molecule has 1 aromatic carbocycles. The molecular weight excluding hydrogens is 366 g/mol. The molecule has 1 spiro atoms. The largest absolute Gasteiger partial charge is 0.385 e. The number of carbonyl (C=O) groups is 1. The average molecular weight is 398 g/mol. The molecule has 0 saturated carbocycles. The van der Waals surface area contributed by atoms with Crippen LogP contribution < -0.4 is 0 Å². The Kier molecular flexibility index (Phi) is 6.43. The SMILES string of the molecule is COCCCCN1CCC2(CC1)CN(C(=O)c1ccc3cnccc3c1)CCO2. The van der Waals surface area contributed by atoms with E-state index in [1.165, 1.54) is 6.42 Å². The standard InChI is InChI=1S/C23H31N3O3/c1-28-14-3-2-10-25-11-7-23(8-12-25)18-26(13-15-29-23)22(27)20-4-5-21-17-24-9-6-19(21)16-20/h4-6,9,16-17H,2-3,7-8,10-15,18H2,1H3. The number of methoxy groups -OCH3 is 1. The number of morpholine rings is 1. The van der Waals surface area contributed by atoms with Crippen LogP contribution in [-0.2, 0) is 9.47 Å². The smallest absolute Gasteiger partial charge is 0.254 e. The zero-order valence-corrected chi connectivity index (χ0v) is 17.3. The van der Waals surface area contributed by atoms with Gasteiger partial charge < -0.3 is 19.3 Å². The first-order valence-corrected chi connectivity index (χ1v) is 10.7. The number of hydrogen-bond acceptors (Lipinski definition) is 5. The van der Waals surface area contributed by atoms with Gasteiger partial charge >= 0.3 is 0 Å². The molecule has 6 nitrogen and oxygen atoms in total. The molecule has 0 aliphatic carbocycles. The van der Waals surface area contributed by atoms with Gasteiger partial charge in [0.1, 0.15) is 0 Å². The molecule has 2 fully saturated rings. The van der Waals surface area contributed by atoms with Crippen molar-refractivity contribution in [3.8, 4) is 0 Å². The fourth-order valence-corrected chi connectivity index (χ4v) is 4.49. The summed E-state index contributed by atoms with van der Waals surface area (Å²) in [6, 6.07) is 7.82. The van der Waals surface area contributed by atoms with Crippen molar-refractivity contribution in [3.63, 3.8) is 0 Å². The van der Waals surface area contributed by atoms with Gasteiger partial charge in [-0.1, -0.05) is 6.07 Å². The van der Waals surface area contributed by atoms with Gasteiger partial charge in [0.05, 0.1) is 18.8 Å². The minimum absolute atomic E-state index is 0.105. The van der Waals surface area contributed by atoms with Crippen LogP contribution in [0.4, 0.5) is 0 Å². The summed E-state index contributed by atoms with van der Waals surface area (Å²) in [7, 11) is 1.76. The van der Waals surface area contributed by atoms with E-state index in [-0.39, 0.29) is 11.5 Å². The number of hydrogen-bond donors (Lipinski definition) is 0. The molecule has 0 atom stereocenters. The van der Waals surface area contributed by atoms with E-state index in [4.69, 9.17) is 9.47 Å². The number of rotatable bonds is 6. The Morgan fingerprint density at radius 1 is 1.17 bits per heavy atom. The van der Waals surface area contributed by atoms with Gasteiger partial charge in [-0.15, -0.1) is 0 Å². The molecule has 2 saturated heterocycles. The summed E-state index contributed by atoms with van der Waals surface area (Å²) in [5.41, 5.74) is 0.564. The van der Waals surface area contributed by atoms with Crippen molar-refractivity contribution in [1.29, 1.82) is 0 Å². The van der Waals surface area contributed by atoms with Crippen LogP contribution in [0.1, 0.15) is 36.0 Å². The number of benzene rings is 1. The molecule has 3 heterocycles. The van der Waals surface area contributed by atoms with Crippen molar-refractivity contribution in [2.75, 3.05) is 53.0 Å². The third-order valence-electron chi connectivity index (χ3n) is 6.26. The molecule has 4 rings (SSSR count). The van der Waals surface area contributed by atoms with Gasteiger partial charge in [-0.05, 0) is 55.8 Å². The number of pyridine rings is 1. The molecule has 2 aliphatic heterocycles. The quantitative estimate of drug-likeness (QED) is 0.702. The number of unbranched alkanes of at least 4 members (excludes halogenated alkanes) is 1. The second-order valence-corrected chi connectivity index (χ2v) is 8.24. The number of ether oxygens (including phenoxy) is 2. The Morgan fingerprint density at radius 3 is 2.86 bits per heavy atom. The number of likely N-dealkylation sites (tertiary alicyclic amines) is 1. The molecule has 2 aliphatic rings. The predicted octanol–water partition coefficient (Wildman–Crippen LogP) is 2.97. The number of fused-ring (bicyclic) bond motifs is 1. The molecule has 2 aromatic rings. The van der Waals surface area contributed by atoms with Crippen molar-refractivity contribution in [3.05, 3.63) is 42.2 Å². The summed E-state index contributed by atoms with van der Waals surface area (Å²) < 4.78 is 11.4. The van der Waals surface area contributed by atoms with Crippen molar-refractivity contribution in [2.24, 2.45) is 0 Å². The molecule has 156 valence electrons. The third-order valence-corrected chi connectivity index (χ3v) is 6.26. The van der Waals surface area contributed by atoms with E-state index in [9.17, 15) is 4.79 Å². The zero-order chi connectivity index (χ0) is 20.1. The van der Waals surface area contributed by atoms with E-state index in [0.29, 0.717) is 19.7 Å². The maximum Gasteiger partial charge on any atom is 0.254 e. The zero-order valence-electron chi connectivity index (χ0n) is 17.3. The van der Waals surface area contributed by atoms with E-state index in [1.807, 2.05) is 35.4 Å². The molecule has 1 aromatic heterocycles. The number of amides is 1. The highest BCUT2D eigenvalue weighted by molar-refractivity contribution is 5.98. The van der Waals surface area contributed by atoms with E-state index in [0.717, 1.165) is 61.8 Å². The fourth-order valence-electron chi connectivity index (χ4n) is 4.49. The molecule has 0 bridgehead atoms. The van der Waals surface area contributed by atoms with Crippen molar-refractivity contribution < 1.29 is 14.3 Å². The van der Waals surface area contributed by atoms with Crippen LogP contribution in [0.25, 0.3) is 10.8 Å². The molecule has 0 N–H and O–H groups in total. The normalized spacial score (nSPS) is 19.7.